The molecule has 0 spiro atoms. The number of hydrogen-bond donors (Lipinski definition) is 8. The summed E-state index contributed by atoms with van der Waals surface area (Å²) >= 11 is 5.96. The molecule has 26 heteroatoms. The van der Waals surface area contributed by atoms with Gasteiger partial charge in [-0.3, -0.25) is 18.2 Å². The first kappa shape index (κ1) is 37.1. The molecule has 4 aromatic carbocycles. The number of aromatic hydroxyl groups is 1. The maximum Gasteiger partial charge on any atom is 0.296 e. The monoisotopic (exact) mass is 802 g/mol. The highest BCUT2D eigenvalue weighted by atomic mass is 35.5. The number of nitrogen functional groups attached to an aromatic ring is 1. The van der Waals surface area contributed by atoms with Gasteiger partial charge in [-0.05, 0) is 65.5 Å². The fraction of sp³-hybridized carbons (Fsp3) is 0. The van der Waals surface area contributed by atoms with Crippen molar-refractivity contribution in [3.05, 3.63) is 65.9 Å². The lowest BCUT2D eigenvalue weighted by Gasteiger charge is -2.12. The molecule has 268 valence electrons. The number of phenolic OH excluding ortho intramolecular Hbond substituents is 1. The van der Waals surface area contributed by atoms with Crippen LogP contribution in [0.15, 0.2) is 90.5 Å². The number of aromatic nitrogens is 3. The van der Waals surface area contributed by atoms with E-state index in [4.69, 9.17) is 17.3 Å². The Balaban J connectivity index is 1.51. The summed E-state index contributed by atoms with van der Waals surface area (Å²) in [5, 5.41) is 22.6. The largest absolute Gasteiger partial charge is 0.507 e. The van der Waals surface area contributed by atoms with E-state index in [1.54, 1.807) is 0 Å². The van der Waals surface area contributed by atoms with Gasteiger partial charge in [-0.25, -0.2) is 0 Å². The highest BCUT2D eigenvalue weighted by molar-refractivity contribution is 7.86. The topological polar surface area (TPSA) is 351 Å². The van der Waals surface area contributed by atoms with Gasteiger partial charge in [0.05, 0.1) is 26.6 Å². The lowest BCUT2D eigenvalue weighted by Crippen LogP contribution is -2.09. The van der Waals surface area contributed by atoms with Gasteiger partial charge >= 0.3 is 0 Å². The van der Waals surface area contributed by atoms with Crippen molar-refractivity contribution in [3.8, 4) is 5.75 Å². The first-order chi connectivity index (χ1) is 23.5. The zero-order valence-electron chi connectivity index (χ0n) is 24.6. The van der Waals surface area contributed by atoms with Crippen molar-refractivity contribution in [2.24, 2.45) is 10.2 Å². The number of nitrogens with one attached hydrogen (secondary N) is 2. The van der Waals surface area contributed by atoms with E-state index in [9.17, 15) is 57.0 Å². The minimum absolute atomic E-state index is 0.0607. The van der Waals surface area contributed by atoms with Crippen LogP contribution < -0.4 is 16.4 Å². The average molecular weight is 803 g/mol. The third-order valence-corrected chi connectivity index (χ3v) is 10.1. The standard InChI is InChI=1S/C25H19ClN8O13S4/c26-23-30-24(32-25(31-23)29-17-9-13(48(36,37)38)3-6-19(17)50(42,43)44)28-12-2-5-16(20(8-12)51(45,46)47)33-34-22-15(27)4-1-11-7-14(49(39,40)41)10-18(35)21(11)22/h1-10,35H,27H2,(H,36,37,38)(H,39,40,41)(H,42,43,44)(H,45,46,47)(H2,28,29,30,31,32)/b34-33+. The van der Waals surface area contributed by atoms with Crippen LogP contribution in [-0.4, -0.2) is 71.9 Å². The summed E-state index contributed by atoms with van der Waals surface area (Å²) in [6, 6.07) is 9.52. The fourth-order valence-electron chi connectivity index (χ4n) is 4.36. The Kier molecular flexibility index (Phi) is 9.62. The summed E-state index contributed by atoms with van der Waals surface area (Å²) in [4.78, 5) is 8.40. The molecule has 1 aromatic heterocycles. The number of fused-ring (bicyclic) bond motifs is 1. The highest BCUT2D eigenvalue weighted by Gasteiger charge is 2.22. The number of hydrogen-bond acceptors (Lipinski definition) is 17. The molecule has 0 saturated heterocycles. The molecule has 9 N–H and O–H groups in total. The number of halogens is 1. The van der Waals surface area contributed by atoms with Gasteiger partial charge in [-0.2, -0.15) is 48.6 Å². The van der Waals surface area contributed by atoms with Crippen LogP contribution in [0.3, 0.4) is 0 Å². The summed E-state index contributed by atoms with van der Waals surface area (Å²) in [6.07, 6.45) is 0. The molecule has 5 aromatic rings. The number of nitrogens with two attached hydrogens (primary N) is 1. The molecule has 0 aliphatic rings. The van der Waals surface area contributed by atoms with Crippen molar-refractivity contribution >= 4 is 103 Å². The quantitative estimate of drug-likeness (QED) is 0.0564. The van der Waals surface area contributed by atoms with E-state index in [0.717, 1.165) is 24.3 Å². The maximum atomic E-state index is 12.3. The Morgan fingerprint density at radius 2 is 1.27 bits per heavy atom. The number of phenols is 1. The summed E-state index contributed by atoms with van der Waals surface area (Å²) < 4.78 is 133. The van der Waals surface area contributed by atoms with Gasteiger partial charge < -0.3 is 21.5 Å². The number of azo groups is 1. The van der Waals surface area contributed by atoms with E-state index in [1.807, 2.05) is 0 Å². The first-order valence-electron chi connectivity index (χ1n) is 13.1. The second-order valence-corrected chi connectivity index (χ2v) is 15.9. The number of rotatable bonds is 10. The number of benzene rings is 4. The number of nitrogens with zero attached hydrogens (tertiary/aromatic N) is 5. The second-order valence-electron chi connectivity index (χ2n) is 9.99. The van der Waals surface area contributed by atoms with Gasteiger partial charge in [0.2, 0.25) is 17.2 Å². The zero-order chi connectivity index (χ0) is 37.7. The van der Waals surface area contributed by atoms with Crippen LogP contribution in [-0.2, 0) is 40.5 Å². The predicted molar refractivity (Wildman–Crippen MR) is 178 cm³/mol. The van der Waals surface area contributed by atoms with Crippen LogP contribution in [0.4, 0.5) is 40.3 Å². The molecule has 0 fully saturated rings. The molecule has 21 nitrogen and oxygen atoms in total. The van der Waals surface area contributed by atoms with E-state index in [-0.39, 0.29) is 27.8 Å². The van der Waals surface area contributed by atoms with Crippen LogP contribution in [0.1, 0.15) is 0 Å². The van der Waals surface area contributed by atoms with Crippen LogP contribution in [0, 0.1) is 0 Å². The van der Waals surface area contributed by atoms with Gasteiger partial charge in [0.25, 0.3) is 40.5 Å². The van der Waals surface area contributed by atoms with Crippen LogP contribution in [0.5, 0.6) is 5.75 Å². The zero-order valence-corrected chi connectivity index (χ0v) is 28.6. The van der Waals surface area contributed by atoms with E-state index in [0.29, 0.717) is 18.2 Å². The van der Waals surface area contributed by atoms with Crippen molar-refractivity contribution in [3.63, 3.8) is 0 Å². The molecule has 1 heterocycles. The molecule has 0 unspecified atom stereocenters. The SMILES string of the molecule is Nc1ccc2cc(S(=O)(=O)O)cc(O)c2c1/N=N/c1ccc(Nc2nc(Cl)nc(Nc3cc(S(=O)(=O)O)ccc3S(=O)(=O)O)n2)cc1S(=O)(=O)O. The summed E-state index contributed by atoms with van der Waals surface area (Å²) in [5.41, 5.74) is 4.48. The van der Waals surface area contributed by atoms with Gasteiger partial charge in [0.1, 0.15) is 26.9 Å². The van der Waals surface area contributed by atoms with Crippen LogP contribution >= 0.6 is 11.6 Å². The number of anilines is 5. The highest BCUT2D eigenvalue weighted by Crippen LogP contribution is 2.41. The smallest absolute Gasteiger partial charge is 0.296 e. The molecule has 0 aliphatic heterocycles. The van der Waals surface area contributed by atoms with Crippen molar-refractivity contribution in [1.29, 1.82) is 0 Å². The molecule has 0 radical (unpaired) electrons. The normalized spacial score (nSPS) is 12.7. The molecule has 51 heavy (non-hydrogen) atoms. The Morgan fingerprint density at radius 1 is 0.647 bits per heavy atom. The van der Waals surface area contributed by atoms with E-state index in [2.05, 4.69) is 35.8 Å². The molecule has 0 aliphatic carbocycles. The Bertz CT molecular complexity index is 2750. The minimum Gasteiger partial charge on any atom is -0.507 e. The summed E-state index contributed by atoms with van der Waals surface area (Å²) in [7, 11) is -19.5. The van der Waals surface area contributed by atoms with E-state index < -0.39 is 94.4 Å². The van der Waals surface area contributed by atoms with Crippen LogP contribution in [0.25, 0.3) is 10.8 Å². The van der Waals surface area contributed by atoms with Crippen molar-refractivity contribution in [2.45, 2.75) is 19.6 Å². The molecule has 0 amide bonds. The van der Waals surface area contributed by atoms with Gasteiger partial charge in [-0.15, -0.1) is 10.2 Å². The van der Waals surface area contributed by atoms with Gasteiger partial charge in [-0.1, -0.05) is 6.07 Å². The van der Waals surface area contributed by atoms with Crippen molar-refractivity contribution in [1.82, 2.24) is 15.0 Å². The van der Waals surface area contributed by atoms with Gasteiger partial charge in [0, 0.05) is 11.8 Å². The Hall–Kier alpha value is -5.12. The van der Waals surface area contributed by atoms with Gasteiger partial charge in [0.15, 0.2) is 0 Å². The summed E-state index contributed by atoms with van der Waals surface area (Å²) in [6.45, 7) is 0. The first-order valence-corrected chi connectivity index (χ1v) is 19.2. The minimum atomic E-state index is -5.04. The lowest BCUT2D eigenvalue weighted by molar-refractivity contribution is 0.471. The second kappa shape index (κ2) is 13.2. The molecule has 5 rings (SSSR count). The molecule has 0 atom stereocenters. The Morgan fingerprint density at radius 3 is 1.88 bits per heavy atom. The van der Waals surface area contributed by atoms with Crippen molar-refractivity contribution < 1.29 is 57.0 Å². The van der Waals surface area contributed by atoms with E-state index in [1.165, 1.54) is 18.2 Å². The average Bonchev–Trinajstić information content (AvgIpc) is 2.99. The molecule has 0 saturated carbocycles. The fourth-order valence-corrected chi connectivity index (χ4v) is 6.84. The van der Waals surface area contributed by atoms with Crippen LogP contribution in [0.2, 0.25) is 5.28 Å². The molecular formula is C25H19ClN8O13S4. The van der Waals surface area contributed by atoms with E-state index >= 15 is 0 Å². The maximum absolute atomic E-state index is 12.3. The lowest BCUT2D eigenvalue weighted by atomic mass is 10.1. The molecule has 0 bridgehead atoms. The third kappa shape index (κ3) is 8.44. The predicted octanol–water partition coefficient (Wildman–Crippen LogP) is 3.86. The summed E-state index contributed by atoms with van der Waals surface area (Å²) in [5.74, 6) is -1.62. The Labute approximate surface area is 291 Å². The van der Waals surface area contributed by atoms with Crippen molar-refractivity contribution in [2.75, 3.05) is 16.4 Å². The third-order valence-electron chi connectivity index (χ3n) is 6.51. The molecular weight excluding hydrogens is 784 g/mol.